The Bertz CT molecular complexity index is 3210. The molecule has 7 aromatic rings. The Kier molecular flexibility index (Phi) is 30.4. The monoisotopic (exact) mass is 1220 g/mol. The minimum Gasteiger partial charge on any atom is -0.494 e. The first-order valence-electron chi connectivity index (χ1n) is 32.4. The van der Waals surface area contributed by atoms with Crippen LogP contribution in [0.4, 0.5) is 0 Å². The lowest BCUT2D eigenvalue weighted by Gasteiger charge is -2.09. The van der Waals surface area contributed by atoms with E-state index in [4.69, 9.17) is 42.6 Å². The maximum Gasteiger partial charge on any atom is 0.343 e. The normalized spacial score (nSPS) is 10.9. The predicted molar refractivity (Wildman–Crippen MR) is 349 cm³/mol. The van der Waals surface area contributed by atoms with Crippen molar-refractivity contribution < 1.29 is 66.6 Å². The molecule has 14 nitrogen and oxygen atoms in total. The third kappa shape index (κ3) is 25.7. The van der Waals surface area contributed by atoms with Crippen molar-refractivity contribution >= 4 is 29.8 Å². The number of esters is 5. The van der Waals surface area contributed by atoms with Crippen LogP contribution in [0.2, 0.25) is 0 Å². The second kappa shape index (κ2) is 39.9. The van der Waals surface area contributed by atoms with Gasteiger partial charge in [-0.15, -0.1) is 0 Å². The van der Waals surface area contributed by atoms with Crippen LogP contribution in [-0.2, 0) is 0 Å². The summed E-state index contributed by atoms with van der Waals surface area (Å²) in [6, 6.07) is 45.9. The first-order valence-corrected chi connectivity index (χ1v) is 32.4. The Labute approximate surface area is 531 Å². The lowest BCUT2D eigenvalue weighted by molar-refractivity contribution is 0.0715. The molecule has 0 unspecified atom stereocenters. The number of rotatable bonds is 42. The average Bonchev–Trinajstić information content (AvgIpc) is 3.77. The van der Waals surface area contributed by atoms with Gasteiger partial charge in [0.05, 0.1) is 54.2 Å². The van der Waals surface area contributed by atoms with Crippen LogP contribution in [-0.4, -0.2) is 56.3 Å². The van der Waals surface area contributed by atoms with Gasteiger partial charge in [0.15, 0.2) is 0 Å². The Morgan fingerprint density at radius 3 is 0.678 bits per heavy atom. The molecule has 476 valence electrons. The quantitative estimate of drug-likeness (QED) is 0.0201. The van der Waals surface area contributed by atoms with Crippen LogP contribution in [0.15, 0.2) is 170 Å². The molecule has 0 N–H and O–H groups in total. The van der Waals surface area contributed by atoms with E-state index in [1.807, 2.05) is 12.1 Å². The van der Waals surface area contributed by atoms with E-state index < -0.39 is 29.8 Å². The summed E-state index contributed by atoms with van der Waals surface area (Å²) in [5.41, 5.74) is 1.46. The molecule has 7 rings (SSSR count). The number of carbonyl (C=O) groups is 5. The van der Waals surface area contributed by atoms with Gasteiger partial charge < -0.3 is 42.6 Å². The van der Waals surface area contributed by atoms with Gasteiger partial charge in [-0.1, -0.05) is 142 Å². The molecule has 0 saturated carbocycles. The number of unbranched alkanes of at least 4 members (excludes halogenated alkanes) is 20. The lowest BCUT2D eigenvalue weighted by atomic mass is 10.1. The molecule has 0 fully saturated rings. The van der Waals surface area contributed by atoms with E-state index in [0.717, 1.165) is 75.7 Å². The molecule has 0 radical (unpaired) electrons. The highest BCUT2D eigenvalue weighted by Crippen LogP contribution is 2.26. The van der Waals surface area contributed by atoms with E-state index in [-0.39, 0.29) is 33.9 Å². The van der Waals surface area contributed by atoms with Gasteiger partial charge in [-0.3, -0.25) is 0 Å². The van der Waals surface area contributed by atoms with E-state index in [9.17, 15) is 24.0 Å². The van der Waals surface area contributed by atoms with Gasteiger partial charge in [-0.25, -0.2) is 24.0 Å². The van der Waals surface area contributed by atoms with Crippen molar-refractivity contribution in [3.63, 3.8) is 0 Å². The molecule has 0 atom stereocenters. The Hall–Kier alpha value is -8.91. The van der Waals surface area contributed by atoms with Gasteiger partial charge in [0.1, 0.15) is 51.7 Å². The van der Waals surface area contributed by atoms with Crippen molar-refractivity contribution in [3.8, 4) is 51.7 Å². The summed E-state index contributed by atoms with van der Waals surface area (Å²) in [7, 11) is 0. The van der Waals surface area contributed by atoms with Gasteiger partial charge in [0.2, 0.25) is 0 Å². The van der Waals surface area contributed by atoms with Crippen molar-refractivity contribution in [3.05, 3.63) is 198 Å². The van der Waals surface area contributed by atoms with Gasteiger partial charge in [-0.05, 0) is 183 Å². The molecular formula is C76H88O14. The minimum absolute atomic E-state index is 0.137. The van der Waals surface area contributed by atoms with E-state index in [1.54, 1.807) is 103 Å². The Morgan fingerprint density at radius 1 is 0.222 bits per heavy atom. The highest BCUT2D eigenvalue weighted by molar-refractivity contribution is 5.95. The molecule has 0 aliphatic rings. The molecule has 7 aromatic carbocycles. The van der Waals surface area contributed by atoms with E-state index in [0.29, 0.717) is 60.6 Å². The first kappa shape index (κ1) is 68.6. The standard InChI is InChI=1S/C76H88O14/c1-3-5-7-9-10-11-13-16-20-24-55-84-65-45-49-68(50-46-65)87-72(77)58-29-31-59(32-30-58)75(80)89-70-27-26-28-71(57-70)90-76(81)62-37-43-67(44-38-62)86-73(78)60-33-41-64(42-34-60)83-54-23-19-17-14-12-15-18-21-25-56-85-66-47-51-69(52-48-66)88-74(79)61-35-39-63(40-36-61)82-53-22-8-6-4-2/h26-52,57H,3-25,53-56H2,1-2H3. The van der Waals surface area contributed by atoms with E-state index >= 15 is 0 Å². The summed E-state index contributed by atoms with van der Waals surface area (Å²) in [4.78, 5) is 64.7. The zero-order valence-electron chi connectivity index (χ0n) is 52.5. The van der Waals surface area contributed by atoms with E-state index in [2.05, 4.69) is 13.8 Å². The second-order valence-electron chi connectivity index (χ2n) is 22.3. The smallest absolute Gasteiger partial charge is 0.343 e. The molecule has 0 heterocycles. The molecule has 0 bridgehead atoms. The first-order chi connectivity index (χ1) is 44.1. The van der Waals surface area contributed by atoms with Crippen LogP contribution in [0.1, 0.15) is 213 Å². The molecule has 0 saturated heterocycles. The molecular weight excluding hydrogens is 1140 g/mol. The lowest BCUT2D eigenvalue weighted by Crippen LogP contribution is -2.12. The molecule has 0 aliphatic carbocycles. The number of hydrogen-bond acceptors (Lipinski definition) is 14. The molecule has 14 heteroatoms. The van der Waals surface area contributed by atoms with Crippen LogP contribution in [0.5, 0.6) is 51.7 Å². The fraction of sp³-hybridized carbons (Fsp3) is 0.382. The maximum atomic E-state index is 13.1. The highest BCUT2D eigenvalue weighted by atomic mass is 16.6. The van der Waals surface area contributed by atoms with Gasteiger partial charge in [0, 0.05) is 6.07 Å². The molecule has 0 spiro atoms. The third-order valence-electron chi connectivity index (χ3n) is 15.0. The average molecular weight is 1230 g/mol. The van der Waals surface area contributed by atoms with Crippen LogP contribution in [0.3, 0.4) is 0 Å². The van der Waals surface area contributed by atoms with Gasteiger partial charge in [-0.2, -0.15) is 0 Å². The summed E-state index contributed by atoms with van der Waals surface area (Å²) in [5, 5.41) is 0. The van der Waals surface area contributed by atoms with E-state index in [1.165, 1.54) is 138 Å². The van der Waals surface area contributed by atoms with Crippen LogP contribution >= 0.6 is 0 Å². The van der Waals surface area contributed by atoms with Crippen LogP contribution in [0.25, 0.3) is 0 Å². The van der Waals surface area contributed by atoms with Gasteiger partial charge in [0.25, 0.3) is 0 Å². The van der Waals surface area contributed by atoms with Crippen molar-refractivity contribution in [2.45, 2.75) is 162 Å². The zero-order chi connectivity index (χ0) is 63.2. The zero-order valence-corrected chi connectivity index (χ0v) is 52.5. The van der Waals surface area contributed by atoms with Gasteiger partial charge >= 0.3 is 29.8 Å². The third-order valence-corrected chi connectivity index (χ3v) is 15.0. The maximum absolute atomic E-state index is 13.1. The van der Waals surface area contributed by atoms with Crippen LogP contribution < -0.4 is 42.6 Å². The van der Waals surface area contributed by atoms with Crippen molar-refractivity contribution in [1.82, 2.24) is 0 Å². The molecule has 0 aliphatic heterocycles. The summed E-state index contributed by atoms with van der Waals surface area (Å²) in [5.74, 6) is 1.31. The Balaban J connectivity index is 0.692. The number of hydrogen-bond donors (Lipinski definition) is 0. The highest BCUT2D eigenvalue weighted by Gasteiger charge is 2.17. The molecule has 90 heavy (non-hydrogen) atoms. The van der Waals surface area contributed by atoms with Crippen molar-refractivity contribution in [1.29, 1.82) is 0 Å². The molecule has 0 amide bonds. The van der Waals surface area contributed by atoms with Crippen molar-refractivity contribution in [2.75, 3.05) is 26.4 Å². The Morgan fingerprint density at radius 2 is 0.411 bits per heavy atom. The van der Waals surface area contributed by atoms with Crippen LogP contribution in [0, 0.1) is 0 Å². The second-order valence-corrected chi connectivity index (χ2v) is 22.3. The SMILES string of the molecule is CCCCCCCCCCCCOc1ccc(OC(=O)c2ccc(C(=O)Oc3cccc(OC(=O)c4ccc(OC(=O)c5ccc(OCCCCCCCCCCCOc6ccc(OC(=O)c7ccc(OCCCCCC)cc7)cc6)cc5)cc4)c3)cc2)cc1. The molecule has 0 aromatic heterocycles. The number of benzene rings is 7. The minimum atomic E-state index is -0.681. The largest absolute Gasteiger partial charge is 0.494 e. The number of ether oxygens (including phenoxy) is 9. The number of carbonyl (C=O) groups excluding carboxylic acids is 5. The predicted octanol–water partition coefficient (Wildman–Crippen LogP) is 19.0. The fourth-order valence-corrected chi connectivity index (χ4v) is 9.73. The summed E-state index contributed by atoms with van der Waals surface area (Å²) >= 11 is 0. The summed E-state index contributed by atoms with van der Waals surface area (Å²) in [6.45, 7) is 6.96. The summed E-state index contributed by atoms with van der Waals surface area (Å²) < 4.78 is 51.3. The van der Waals surface area contributed by atoms with Crippen molar-refractivity contribution in [2.24, 2.45) is 0 Å². The summed E-state index contributed by atoms with van der Waals surface area (Å²) in [6.07, 6.45) is 27.1. The fourth-order valence-electron chi connectivity index (χ4n) is 9.73. The topological polar surface area (TPSA) is 168 Å².